The van der Waals surface area contributed by atoms with E-state index in [2.05, 4.69) is 42.2 Å². The van der Waals surface area contributed by atoms with E-state index in [4.69, 9.17) is 4.74 Å². The van der Waals surface area contributed by atoms with E-state index in [0.29, 0.717) is 31.9 Å². The van der Waals surface area contributed by atoms with Crippen LogP contribution in [0.25, 0.3) is 0 Å². The minimum Gasteiger partial charge on any atom is -0.497 e. The smallest absolute Gasteiger partial charge is 0.232 e. The van der Waals surface area contributed by atoms with Crippen LogP contribution in [0, 0.1) is 18.3 Å². The molecule has 0 N–H and O–H groups in total. The van der Waals surface area contributed by atoms with Gasteiger partial charge in [-0.15, -0.1) is 11.8 Å². The minimum atomic E-state index is -0.297. The molecule has 152 valence electrons. The predicted octanol–water partition coefficient (Wildman–Crippen LogP) is 3.65. The number of thioether (sulfide) groups is 1. The highest BCUT2D eigenvalue weighted by atomic mass is 32.2. The van der Waals surface area contributed by atoms with Gasteiger partial charge >= 0.3 is 0 Å². The van der Waals surface area contributed by atoms with Gasteiger partial charge in [-0.2, -0.15) is 5.26 Å². The highest BCUT2D eigenvalue weighted by Gasteiger charge is 2.27. The van der Waals surface area contributed by atoms with Crippen LogP contribution in [-0.2, 0) is 10.5 Å². The molecular formula is C23H27N3O2S. The highest BCUT2D eigenvalue weighted by molar-refractivity contribution is 7.99. The number of hydrogen-bond acceptors (Lipinski definition) is 5. The lowest BCUT2D eigenvalue weighted by atomic mass is 10.1. The number of hydrogen-bond donors (Lipinski definition) is 0. The first-order valence-corrected chi connectivity index (χ1v) is 10.9. The fourth-order valence-corrected chi connectivity index (χ4v) is 4.41. The molecule has 3 rings (SSSR count). The lowest BCUT2D eigenvalue weighted by Gasteiger charge is -2.37. The molecule has 29 heavy (non-hydrogen) atoms. The summed E-state index contributed by atoms with van der Waals surface area (Å²) in [4.78, 5) is 16.6. The molecule has 2 aromatic carbocycles. The van der Waals surface area contributed by atoms with Crippen LogP contribution in [0.1, 0.15) is 22.7 Å². The van der Waals surface area contributed by atoms with Gasteiger partial charge in [0.2, 0.25) is 5.91 Å². The summed E-state index contributed by atoms with van der Waals surface area (Å²) in [5.74, 6) is 2.31. The first kappa shape index (κ1) is 21.2. The monoisotopic (exact) mass is 409 g/mol. The van der Waals surface area contributed by atoms with Crippen LogP contribution in [0.15, 0.2) is 48.5 Å². The molecule has 0 aliphatic carbocycles. The third-order valence-electron chi connectivity index (χ3n) is 5.16. The second kappa shape index (κ2) is 10.3. The highest BCUT2D eigenvalue weighted by Crippen LogP contribution is 2.24. The van der Waals surface area contributed by atoms with Crippen molar-refractivity contribution in [1.29, 1.82) is 5.26 Å². The molecule has 1 atom stereocenters. The second-order valence-electron chi connectivity index (χ2n) is 7.20. The fourth-order valence-electron chi connectivity index (χ4n) is 3.53. The molecule has 1 saturated heterocycles. The summed E-state index contributed by atoms with van der Waals surface area (Å²) < 4.78 is 5.19. The van der Waals surface area contributed by atoms with E-state index in [-0.39, 0.29) is 11.9 Å². The number of aryl methyl sites for hydroxylation is 1. The number of benzene rings is 2. The van der Waals surface area contributed by atoms with Gasteiger partial charge in [0, 0.05) is 31.9 Å². The Bertz CT molecular complexity index is 855. The van der Waals surface area contributed by atoms with Gasteiger partial charge in [-0.3, -0.25) is 9.69 Å². The molecule has 1 heterocycles. The fraction of sp³-hybridized carbons (Fsp3) is 0.391. The predicted molar refractivity (Wildman–Crippen MR) is 117 cm³/mol. The SMILES string of the molecule is COc1ccc(C(C#N)N2CCN(C(=O)CSCc3cccc(C)c3)CC2)cc1. The zero-order valence-electron chi connectivity index (χ0n) is 17.0. The molecule has 5 nitrogen and oxygen atoms in total. The molecular weight excluding hydrogens is 382 g/mol. The van der Waals surface area contributed by atoms with E-state index in [1.165, 1.54) is 11.1 Å². The first-order chi connectivity index (χ1) is 14.1. The van der Waals surface area contributed by atoms with Crippen molar-refractivity contribution in [1.82, 2.24) is 9.80 Å². The number of nitriles is 1. The number of methoxy groups -OCH3 is 1. The van der Waals surface area contributed by atoms with Gasteiger partial charge in [0.15, 0.2) is 0 Å². The van der Waals surface area contributed by atoms with E-state index in [1.807, 2.05) is 29.2 Å². The lowest BCUT2D eigenvalue weighted by molar-refractivity contribution is -0.130. The summed E-state index contributed by atoms with van der Waals surface area (Å²) in [6.07, 6.45) is 0. The Morgan fingerprint density at radius 1 is 1.17 bits per heavy atom. The summed E-state index contributed by atoms with van der Waals surface area (Å²) in [7, 11) is 1.63. The third-order valence-corrected chi connectivity index (χ3v) is 6.15. The maximum absolute atomic E-state index is 12.5. The summed E-state index contributed by atoms with van der Waals surface area (Å²) in [6.45, 7) is 4.83. The molecule has 6 heteroatoms. The van der Waals surface area contributed by atoms with Gasteiger partial charge < -0.3 is 9.64 Å². The third kappa shape index (κ3) is 5.75. The number of piperazine rings is 1. The second-order valence-corrected chi connectivity index (χ2v) is 8.19. The van der Waals surface area contributed by atoms with Gasteiger partial charge in [0.05, 0.1) is 18.9 Å². The Kier molecular flexibility index (Phi) is 7.56. The van der Waals surface area contributed by atoms with Crippen molar-refractivity contribution in [3.05, 3.63) is 65.2 Å². The van der Waals surface area contributed by atoms with E-state index in [0.717, 1.165) is 17.1 Å². The van der Waals surface area contributed by atoms with Crippen molar-refractivity contribution in [2.45, 2.75) is 18.7 Å². The van der Waals surface area contributed by atoms with Gasteiger partial charge in [0.25, 0.3) is 0 Å². The Hall–Kier alpha value is -2.49. The molecule has 1 fully saturated rings. The van der Waals surface area contributed by atoms with Crippen molar-refractivity contribution in [3.8, 4) is 11.8 Å². The normalized spacial score (nSPS) is 15.6. The zero-order chi connectivity index (χ0) is 20.6. The average molecular weight is 410 g/mol. The Morgan fingerprint density at radius 2 is 1.90 bits per heavy atom. The number of nitrogens with zero attached hydrogens (tertiary/aromatic N) is 3. The summed E-state index contributed by atoms with van der Waals surface area (Å²) >= 11 is 1.66. The van der Waals surface area contributed by atoms with E-state index in [1.54, 1.807) is 18.9 Å². The van der Waals surface area contributed by atoms with Crippen molar-refractivity contribution in [2.75, 3.05) is 39.0 Å². The molecule has 0 aromatic heterocycles. The first-order valence-electron chi connectivity index (χ1n) is 9.79. The molecule has 2 aromatic rings. The van der Waals surface area contributed by atoms with Gasteiger partial charge in [0.1, 0.15) is 11.8 Å². The number of rotatable bonds is 7. The van der Waals surface area contributed by atoms with Crippen LogP contribution in [0.5, 0.6) is 5.75 Å². The largest absolute Gasteiger partial charge is 0.497 e. The van der Waals surface area contributed by atoms with Crippen molar-refractivity contribution >= 4 is 17.7 Å². The Balaban J connectivity index is 1.47. The molecule has 1 unspecified atom stereocenters. The molecule has 1 amide bonds. The van der Waals surface area contributed by atoms with Crippen molar-refractivity contribution < 1.29 is 9.53 Å². The number of ether oxygens (including phenoxy) is 1. The van der Waals surface area contributed by atoms with E-state index in [9.17, 15) is 10.1 Å². The molecule has 0 bridgehead atoms. The minimum absolute atomic E-state index is 0.181. The topological polar surface area (TPSA) is 56.6 Å². The average Bonchev–Trinajstić information content (AvgIpc) is 2.75. The summed E-state index contributed by atoms with van der Waals surface area (Å²) in [5.41, 5.74) is 3.46. The maximum Gasteiger partial charge on any atom is 0.232 e. The van der Waals surface area contributed by atoms with E-state index >= 15 is 0 Å². The molecule has 0 saturated carbocycles. The van der Waals surface area contributed by atoms with Crippen LogP contribution < -0.4 is 4.74 Å². The molecule has 0 radical (unpaired) electrons. The van der Waals surface area contributed by atoms with Crippen LogP contribution in [0.2, 0.25) is 0 Å². The van der Waals surface area contributed by atoms with Gasteiger partial charge in [-0.25, -0.2) is 0 Å². The van der Waals surface area contributed by atoms with Crippen LogP contribution >= 0.6 is 11.8 Å². The Labute approximate surface area is 177 Å². The van der Waals surface area contributed by atoms with Crippen LogP contribution in [0.4, 0.5) is 0 Å². The van der Waals surface area contributed by atoms with Gasteiger partial charge in [-0.1, -0.05) is 42.0 Å². The standard InChI is InChI=1S/C23H27N3O2S/c1-18-4-3-5-19(14-18)16-29-17-23(27)26-12-10-25(11-13-26)22(15-24)20-6-8-21(28-2)9-7-20/h3-9,14,22H,10-13,16-17H2,1-2H3. The lowest BCUT2D eigenvalue weighted by Crippen LogP contribution is -2.50. The van der Waals surface area contributed by atoms with Gasteiger partial charge in [-0.05, 0) is 30.2 Å². The van der Waals surface area contributed by atoms with E-state index < -0.39 is 0 Å². The van der Waals surface area contributed by atoms with Crippen molar-refractivity contribution in [3.63, 3.8) is 0 Å². The summed E-state index contributed by atoms with van der Waals surface area (Å²) in [5, 5.41) is 9.67. The quantitative estimate of drug-likeness (QED) is 0.699. The summed E-state index contributed by atoms with van der Waals surface area (Å²) in [6, 6.07) is 18.1. The van der Waals surface area contributed by atoms with Crippen LogP contribution in [-0.4, -0.2) is 54.7 Å². The van der Waals surface area contributed by atoms with Crippen LogP contribution in [0.3, 0.4) is 0 Å². The Morgan fingerprint density at radius 3 is 2.52 bits per heavy atom. The molecule has 1 aliphatic rings. The van der Waals surface area contributed by atoms with Crippen molar-refractivity contribution in [2.24, 2.45) is 0 Å². The zero-order valence-corrected chi connectivity index (χ0v) is 17.8. The number of carbonyl (C=O) groups excluding carboxylic acids is 1. The number of amides is 1. The maximum atomic E-state index is 12.5. The number of carbonyl (C=O) groups is 1. The molecule has 0 spiro atoms. The molecule has 1 aliphatic heterocycles.